The van der Waals surface area contributed by atoms with Gasteiger partial charge in [-0.1, -0.05) is 18.2 Å². The molecular weight excluding hydrogens is 278 g/mol. The summed E-state index contributed by atoms with van der Waals surface area (Å²) < 4.78 is 11.1. The van der Waals surface area contributed by atoms with Gasteiger partial charge in [-0.25, -0.2) is 4.79 Å². The molecule has 0 spiro atoms. The maximum Gasteiger partial charge on any atom is 0.336 e. The number of fused-ring (bicyclic) bond motifs is 3. The summed E-state index contributed by atoms with van der Waals surface area (Å²) in [5.41, 5.74) is 1.94. The lowest BCUT2D eigenvalue weighted by atomic mass is 10.0. The van der Waals surface area contributed by atoms with Crippen molar-refractivity contribution in [1.29, 1.82) is 0 Å². The van der Waals surface area contributed by atoms with Crippen molar-refractivity contribution in [2.24, 2.45) is 0 Å². The van der Waals surface area contributed by atoms with Gasteiger partial charge in [-0.05, 0) is 24.6 Å². The first-order chi connectivity index (χ1) is 9.60. The van der Waals surface area contributed by atoms with Crippen molar-refractivity contribution in [2.75, 3.05) is 13.3 Å². The molecule has 5 heteroatoms. The van der Waals surface area contributed by atoms with E-state index in [9.17, 15) is 4.79 Å². The molecule has 1 N–H and O–H groups in total. The number of halogens is 1. The van der Waals surface area contributed by atoms with Gasteiger partial charge in [0.05, 0.1) is 17.1 Å². The van der Waals surface area contributed by atoms with E-state index in [4.69, 9.17) is 20.8 Å². The van der Waals surface area contributed by atoms with Gasteiger partial charge in [0.2, 0.25) is 6.73 Å². The quantitative estimate of drug-likeness (QED) is 0.676. The minimum absolute atomic E-state index is 0.352. The van der Waals surface area contributed by atoms with Crippen molar-refractivity contribution in [3.8, 4) is 5.75 Å². The molecule has 0 aliphatic carbocycles. The molecular formula is C15H15ClNO3+. The Morgan fingerprint density at radius 2 is 2.30 bits per heavy atom. The van der Waals surface area contributed by atoms with E-state index in [1.54, 1.807) is 6.07 Å². The molecule has 0 fully saturated rings. The maximum absolute atomic E-state index is 11.6. The molecule has 1 aliphatic rings. The summed E-state index contributed by atoms with van der Waals surface area (Å²) in [5.74, 6) is 0.626. The first-order valence-electron chi connectivity index (χ1n) is 6.43. The van der Waals surface area contributed by atoms with E-state index in [2.05, 4.69) is 6.58 Å². The van der Waals surface area contributed by atoms with Gasteiger partial charge in [-0.2, -0.15) is 0 Å². The lowest BCUT2D eigenvalue weighted by molar-refractivity contribution is -0.926. The number of ether oxygens (including phenoxy) is 1. The number of hydrogen-bond acceptors (Lipinski definition) is 3. The molecule has 1 unspecified atom stereocenters. The zero-order chi connectivity index (χ0) is 14.3. The fourth-order valence-corrected chi connectivity index (χ4v) is 2.87. The van der Waals surface area contributed by atoms with Crippen LogP contribution < -0.4 is 15.3 Å². The molecule has 0 amide bonds. The number of benzene rings is 1. The Hall–Kier alpha value is -1.78. The lowest BCUT2D eigenvalue weighted by Crippen LogP contribution is -3.12. The summed E-state index contributed by atoms with van der Waals surface area (Å²) >= 11 is 6.28. The lowest BCUT2D eigenvalue weighted by Gasteiger charge is -2.26. The van der Waals surface area contributed by atoms with Crippen LogP contribution in [0.5, 0.6) is 5.75 Å². The fourth-order valence-electron chi connectivity index (χ4n) is 2.59. The van der Waals surface area contributed by atoms with Crippen LogP contribution in [-0.4, -0.2) is 13.3 Å². The second kappa shape index (κ2) is 4.96. The summed E-state index contributed by atoms with van der Waals surface area (Å²) in [4.78, 5) is 12.8. The van der Waals surface area contributed by atoms with Gasteiger partial charge in [0.25, 0.3) is 0 Å². The van der Waals surface area contributed by atoms with Crippen LogP contribution in [-0.2, 0) is 6.54 Å². The second-order valence-electron chi connectivity index (χ2n) is 5.00. The molecule has 0 saturated heterocycles. The SMILES string of the molecule is C=CC[NH+]1COc2c(Cl)cc3c(C)cc(=O)oc3c2C1. The third kappa shape index (κ3) is 2.11. The number of aryl methyl sites for hydroxylation is 1. The number of quaternary nitrogens is 1. The molecule has 3 rings (SSSR count). The van der Waals surface area contributed by atoms with Gasteiger partial charge in [0, 0.05) is 11.5 Å². The van der Waals surface area contributed by atoms with Gasteiger partial charge in [-0.3, -0.25) is 4.90 Å². The van der Waals surface area contributed by atoms with Crippen LogP contribution in [0.4, 0.5) is 0 Å². The molecule has 2 aromatic rings. The number of nitrogens with one attached hydrogen (secondary N) is 1. The average Bonchev–Trinajstić information content (AvgIpc) is 2.41. The molecule has 2 heterocycles. The topological polar surface area (TPSA) is 43.9 Å². The third-order valence-electron chi connectivity index (χ3n) is 3.52. The van der Waals surface area contributed by atoms with Crippen molar-refractivity contribution in [1.82, 2.24) is 0 Å². The van der Waals surface area contributed by atoms with Gasteiger partial charge >= 0.3 is 5.63 Å². The third-order valence-corrected chi connectivity index (χ3v) is 3.80. The highest BCUT2D eigenvalue weighted by atomic mass is 35.5. The van der Waals surface area contributed by atoms with Crippen LogP contribution in [0.3, 0.4) is 0 Å². The van der Waals surface area contributed by atoms with Crippen LogP contribution in [0, 0.1) is 6.92 Å². The van der Waals surface area contributed by atoms with Crippen molar-refractivity contribution in [3.05, 3.63) is 51.4 Å². The van der Waals surface area contributed by atoms with E-state index in [0.29, 0.717) is 29.6 Å². The highest BCUT2D eigenvalue weighted by molar-refractivity contribution is 6.33. The molecule has 1 atom stereocenters. The zero-order valence-corrected chi connectivity index (χ0v) is 11.9. The van der Waals surface area contributed by atoms with E-state index in [1.165, 1.54) is 11.0 Å². The smallest absolute Gasteiger partial charge is 0.336 e. The Bertz CT molecular complexity index is 751. The fraction of sp³-hybridized carbons (Fsp3) is 0.267. The van der Waals surface area contributed by atoms with E-state index in [1.807, 2.05) is 13.0 Å². The molecule has 20 heavy (non-hydrogen) atoms. The minimum atomic E-state index is -0.352. The van der Waals surface area contributed by atoms with E-state index < -0.39 is 0 Å². The molecule has 1 aromatic heterocycles. The first-order valence-corrected chi connectivity index (χ1v) is 6.81. The molecule has 104 valence electrons. The summed E-state index contributed by atoms with van der Waals surface area (Å²) in [5, 5.41) is 1.42. The minimum Gasteiger partial charge on any atom is -0.443 e. The first kappa shape index (κ1) is 13.2. The Morgan fingerprint density at radius 3 is 3.05 bits per heavy atom. The summed E-state index contributed by atoms with van der Waals surface area (Å²) in [6.45, 7) is 7.63. The standard InChI is InChI=1S/C15H14ClNO3/c1-3-4-17-7-11-14-10(9(2)5-13(18)20-14)6-12(16)15(11)19-8-17/h3,5-6H,1,4,7-8H2,2H3/p+1. The van der Waals surface area contributed by atoms with Crippen LogP contribution in [0.2, 0.25) is 5.02 Å². The van der Waals surface area contributed by atoms with Crippen LogP contribution in [0.1, 0.15) is 11.1 Å². The van der Waals surface area contributed by atoms with Crippen LogP contribution >= 0.6 is 11.6 Å². The van der Waals surface area contributed by atoms with Gasteiger partial charge < -0.3 is 9.15 Å². The van der Waals surface area contributed by atoms with Crippen molar-refractivity contribution < 1.29 is 14.1 Å². The van der Waals surface area contributed by atoms with Crippen LogP contribution in [0.15, 0.2) is 34.0 Å². The molecule has 0 radical (unpaired) electrons. The average molecular weight is 293 g/mol. The highest BCUT2D eigenvalue weighted by Gasteiger charge is 2.26. The summed E-state index contributed by atoms with van der Waals surface area (Å²) in [6, 6.07) is 3.27. The van der Waals surface area contributed by atoms with Gasteiger partial charge in [0.15, 0.2) is 11.3 Å². The van der Waals surface area contributed by atoms with E-state index in [0.717, 1.165) is 23.1 Å². The molecule has 1 aromatic carbocycles. The summed E-state index contributed by atoms with van der Waals surface area (Å²) in [7, 11) is 0. The number of rotatable bonds is 2. The number of hydrogen-bond donors (Lipinski definition) is 1. The predicted octanol–water partition coefficient (Wildman–Crippen LogP) is 1.68. The zero-order valence-electron chi connectivity index (χ0n) is 11.2. The molecule has 0 bridgehead atoms. The van der Waals surface area contributed by atoms with Crippen molar-refractivity contribution in [2.45, 2.75) is 13.5 Å². The monoisotopic (exact) mass is 292 g/mol. The van der Waals surface area contributed by atoms with E-state index >= 15 is 0 Å². The molecule has 4 nitrogen and oxygen atoms in total. The molecule has 1 aliphatic heterocycles. The Labute approximate surface area is 121 Å². The Kier molecular flexibility index (Phi) is 3.28. The second-order valence-corrected chi connectivity index (χ2v) is 5.41. The van der Waals surface area contributed by atoms with Crippen molar-refractivity contribution >= 4 is 22.6 Å². The van der Waals surface area contributed by atoms with Gasteiger partial charge in [0.1, 0.15) is 6.54 Å². The van der Waals surface area contributed by atoms with Gasteiger partial charge in [-0.15, -0.1) is 0 Å². The van der Waals surface area contributed by atoms with Crippen molar-refractivity contribution in [3.63, 3.8) is 0 Å². The highest BCUT2D eigenvalue weighted by Crippen LogP contribution is 2.36. The van der Waals surface area contributed by atoms with Crippen LogP contribution in [0.25, 0.3) is 11.0 Å². The largest absolute Gasteiger partial charge is 0.443 e. The van der Waals surface area contributed by atoms with E-state index in [-0.39, 0.29) is 5.63 Å². The maximum atomic E-state index is 11.6. The Morgan fingerprint density at radius 1 is 1.50 bits per heavy atom. The Balaban J connectivity index is 2.26. The molecule has 0 saturated carbocycles. The normalized spacial score (nSPS) is 17.6. The summed E-state index contributed by atoms with van der Waals surface area (Å²) in [6.07, 6.45) is 1.85. The predicted molar refractivity (Wildman–Crippen MR) is 77.5 cm³/mol.